The van der Waals surface area contributed by atoms with Crippen molar-refractivity contribution in [3.05, 3.63) is 53.1 Å². The Labute approximate surface area is 211 Å². The molecule has 1 aliphatic rings. The molecule has 4 N–H and O–H groups in total. The maximum Gasteiger partial charge on any atom is 0.459 e. The number of rotatable bonds is 10. The summed E-state index contributed by atoms with van der Waals surface area (Å²) in [4.78, 5) is 27.9. The Hall–Kier alpha value is -2.90. The third kappa shape index (κ3) is 6.51. The van der Waals surface area contributed by atoms with Crippen molar-refractivity contribution in [1.82, 2.24) is 14.6 Å². The first-order valence-corrected chi connectivity index (χ1v) is 12.8. The summed E-state index contributed by atoms with van der Waals surface area (Å²) in [6.45, 7) is 4.04. The van der Waals surface area contributed by atoms with Crippen LogP contribution in [-0.4, -0.2) is 57.0 Å². The molecule has 0 amide bonds. The fraction of sp³-hybridized carbons (Fsp3) is 0.500. The molecule has 37 heavy (non-hydrogen) atoms. The molecule has 1 aliphatic heterocycles. The second kappa shape index (κ2) is 10.8. The maximum absolute atomic E-state index is 15.8. The number of alkyl halides is 2. The van der Waals surface area contributed by atoms with E-state index >= 15 is 8.78 Å². The van der Waals surface area contributed by atoms with E-state index in [0.717, 1.165) is 19.2 Å². The molecule has 0 bridgehead atoms. The van der Waals surface area contributed by atoms with Crippen LogP contribution >= 0.6 is 7.75 Å². The van der Waals surface area contributed by atoms with Gasteiger partial charge in [-0.2, -0.15) is 10.1 Å². The lowest BCUT2D eigenvalue weighted by atomic mass is 9.97. The fourth-order valence-corrected chi connectivity index (χ4v) is 4.98. The minimum Gasteiger partial charge on any atom is -0.462 e. The van der Waals surface area contributed by atoms with Crippen molar-refractivity contribution in [3.8, 4) is 5.75 Å². The molecule has 0 radical (unpaired) electrons. The van der Waals surface area contributed by atoms with Gasteiger partial charge in [-0.15, -0.1) is 0 Å². The first kappa shape index (κ1) is 28.7. The molecule has 12 nitrogen and oxygen atoms in total. The topological polar surface area (TPSA) is 164 Å². The average molecular weight is 546 g/mol. The van der Waals surface area contributed by atoms with E-state index in [2.05, 4.69) is 10.1 Å². The largest absolute Gasteiger partial charge is 0.462 e. The summed E-state index contributed by atoms with van der Waals surface area (Å²) in [6, 6.07) is 7.56. The second-order valence-electron chi connectivity index (χ2n) is 8.86. The highest BCUT2D eigenvalue weighted by molar-refractivity contribution is 7.52. The lowest BCUT2D eigenvalue weighted by Gasteiger charge is -2.28. The Morgan fingerprint density at radius 3 is 2.54 bits per heavy atom. The number of aliphatic hydroxyl groups excluding tert-OH is 1. The standard InChI is InChI=1S/C22H29F2N4O8P/c1-13(2)34-17(29)14(3)27-37(32,36-15-8-6-5-7-9-15)33-12-22(24)18(30)21(4,23)19(35-22)28-11-10-16(25)26-20(28)31/h5-11,13-14,18-19,30H,12H2,1-4H3,(H,27,32)(H2,25,26,31)/t14-,18-,19+,21+,22+,37-/m0/s1. The van der Waals surface area contributed by atoms with E-state index in [1.807, 2.05) is 0 Å². The summed E-state index contributed by atoms with van der Waals surface area (Å²) >= 11 is 0. The number of para-hydroxylation sites is 1. The zero-order valence-electron chi connectivity index (χ0n) is 20.5. The van der Waals surface area contributed by atoms with E-state index in [1.54, 1.807) is 32.0 Å². The van der Waals surface area contributed by atoms with Crippen LogP contribution in [0, 0.1) is 0 Å². The summed E-state index contributed by atoms with van der Waals surface area (Å²) in [5.41, 5.74) is 1.53. The Kier molecular flexibility index (Phi) is 8.40. The van der Waals surface area contributed by atoms with Gasteiger partial charge in [0, 0.05) is 6.20 Å². The van der Waals surface area contributed by atoms with Gasteiger partial charge in [-0.3, -0.25) is 13.9 Å². The highest BCUT2D eigenvalue weighted by Gasteiger charge is 2.65. The smallest absolute Gasteiger partial charge is 0.459 e. The van der Waals surface area contributed by atoms with Gasteiger partial charge in [0.05, 0.1) is 6.10 Å². The van der Waals surface area contributed by atoms with Gasteiger partial charge in [0.25, 0.3) is 5.85 Å². The second-order valence-corrected chi connectivity index (χ2v) is 10.6. The zero-order valence-corrected chi connectivity index (χ0v) is 21.4. The number of aliphatic hydroxyl groups is 1. The van der Waals surface area contributed by atoms with Crippen LogP contribution in [0.15, 0.2) is 47.4 Å². The van der Waals surface area contributed by atoms with E-state index in [4.69, 9.17) is 24.3 Å². The number of esters is 1. The Balaban J connectivity index is 1.85. The number of hydrogen-bond donors (Lipinski definition) is 3. The number of carbonyl (C=O) groups excluding carboxylic acids is 1. The number of nitrogens with zero attached hydrogens (tertiary/aromatic N) is 2. The van der Waals surface area contributed by atoms with E-state index in [9.17, 15) is 19.3 Å². The SMILES string of the molecule is CC(C)OC(=O)[C@H](C)N[P@](=O)(OC[C@@]1(F)O[C@@H](n2ccc(N)nc2=O)[C@](C)(F)[C@@H]1O)Oc1ccccc1. The summed E-state index contributed by atoms with van der Waals surface area (Å²) < 4.78 is 66.2. The molecule has 1 saturated heterocycles. The van der Waals surface area contributed by atoms with E-state index in [-0.39, 0.29) is 11.6 Å². The third-order valence-electron chi connectivity index (χ3n) is 5.29. The third-order valence-corrected chi connectivity index (χ3v) is 6.92. The maximum atomic E-state index is 15.8. The lowest BCUT2D eigenvalue weighted by molar-refractivity contribution is -0.203. The van der Waals surface area contributed by atoms with Crippen molar-refractivity contribution in [1.29, 1.82) is 0 Å². The number of hydrogen-bond acceptors (Lipinski definition) is 10. The Bertz CT molecular complexity index is 1210. The van der Waals surface area contributed by atoms with Gasteiger partial charge in [-0.25, -0.2) is 18.1 Å². The van der Waals surface area contributed by atoms with Gasteiger partial charge in [-0.1, -0.05) is 18.2 Å². The van der Waals surface area contributed by atoms with Crippen LogP contribution in [-0.2, 0) is 23.4 Å². The number of nitrogens with one attached hydrogen (secondary N) is 1. The van der Waals surface area contributed by atoms with Crippen LogP contribution in [0.5, 0.6) is 5.75 Å². The number of nitrogen functional groups attached to an aromatic ring is 1. The van der Waals surface area contributed by atoms with Gasteiger partial charge in [-0.05, 0) is 45.9 Å². The molecule has 2 aromatic rings. The number of nitrogens with two attached hydrogens (primary N) is 1. The van der Waals surface area contributed by atoms with E-state index in [1.165, 1.54) is 19.1 Å². The van der Waals surface area contributed by atoms with Crippen LogP contribution in [0.3, 0.4) is 0 Å². The number of ether oxygens (including phenoxy) is 2. The number of aromatic nitrogens is 2. The van der Waals surface area contributed by atoms with Crippen molar-refractivity contribution >= 4 is 19.5 Å². The normalized spacial score (nSPS) is 28.0. The average Bonchev–Trinajstić information content (AvgIpc) is 2.98. The highest BCUT2D eigenvalue weighted by Crippen LogP contribution is 2.51. The molecule has 0 aliphatic carbocycles. The molecular weight excluding hydrogens is 517 g/mol. The molecule has 0 unspecified atom stereocenters. The van der Waals surface area contributed by atoms with Crippen molar-refractivity contribution in [3.63, 3.8) is 0 Å². The van der Waals surface area contributed by atoms with Crippen LogP contribution in [0.25, 0.3) is 0 Å². The van der Waals surface area contributed by atoms with Crippen molar-refractivity contribution in [2.24, 2.45) is 0 Å². The Morgan fingerprint density at radius 2 is 1.95 bits per heavy atom. The molecule has 0 saturated carbocycles. The molecule has 6 atom stereocenters. The van der Waals surface area contributed by atoms with Crippen LogP contribution in [0.2, 0.25) is 0 Å². The minimum atomic E-state index is -4.57. The first-order chi connectivity index (χ1) is 17.2. The summed E-state index contributed by atoms with van der Waals surface area (Å²) in [5.74, 6) is -4.22. The predicted octanol–water partition coefficient (Wildman–Crippen LogP) is 2.24. The quantitative estimate of drug-likeness (QED) is 0.296. The Morgan fingerprint density at radius 1 is 1.30 bits per heavy atom. The molecule has 1 aromatic carbocycles. The molecule has 204 valence electrons. The van der Waals surface area contributed by atoms with Gasteiger partial charge in [0.15, 0.2) is 18.0 Å². The number of carbonyl (C=O) groups is 1. The number of halogens is 2. The molecule has 2 heterocycles. The highest BCUT2D eigenvalue weighted by atomic mass is 31.2. The van der Waals surface area contributed by atoms with Crippen LogP contribution in [0.1, 0.15) is 33.9 Å². The molecule has 1 fully saturated rings. The predicted molar refractivity (Wildman–Crippen MR) is 127 cm³/mol. The zero-order chi connectivity index (χ0) is 27.6. The monoisotopic (exact) mass is 546 g/mol. The lowest BCUT2D eigenvalue weighted by Crippen LogP contribution is -2.47. The molecule has 0 spiro atoms. The van der Waals surface area contributed by atoms with E-state index in [0.29, 0.717) is 4.57 Å². The summed E-state index contributed by atoms with van der Waals surface area (Å²) in [7, 11) is -4.57. The fourth-order valence-electron chi connectivity index (χ4n) is 3.48. The molecule has 15 heteroatoms. The number of anilines is 1. The first-order valence-electron chi connectivity index (χ1n) is 11.2. The van der Waals surface area contributed by atoms with Crippen molar-refractivity contribution in [2.45, 2.75) is 63.7 Å². The summed E-state index contributed by atoms with van der Waals surface area (Å²) in [5, 5.41) is 12.8. The molecule has 3 rings (SSSR count). The van der Waals surface area contributed by atoms with Crippen LogP contribution in [0.4, 0.5) is 14.6 Å². The van der Waals surface area contributed by atoms with Crippen molar-refractivity contribution in [2.75, 3.05) is 12.3 Å². The molecule has 1 aromatic heterocycles. The van der Waals surface area contributed by atoms with Gasteiger partial charge >= 0.3 is 19.4 Å². The van der Waals surface area contributed by atoms with Gasteiger partial charge < -0.3 is 24.8 Å². The van der Waals surface area contributed by atoms with E-state index < -0.39 is 62.0 Å². The van der Waals surface area contributed by atoms with Crippen LogP contribution < -0.4 is 21.0 Å². The van der Waals surface area contributed by atoms with Gasteiger partial charge in [0.2, 0.25) is 0 Å². The number of benzene rings is 1. The van der Waals surface area contributed by atoms with Gasteiger partial charge in [0.1, 0.15) is 24.2 Å². The molecular formula is C22H29F2N4O8P. The van der Waals surface area contributed by atoms with Crippen molar-refractivity contribution < 1.29 is 41.8 Å². The minimum absolute atomic E-state index is 0.0382. The summed E-state index contributed by atoms with van der Waals surface area (Å²) in [6.07, 6.45) is -3.92.